The van der Waals surface area contributed by atoms with Crippen LogP contribution >= 0.6 is 0 Å². The third kappa shape index (κ3) is 1.38. The first-order valence-electron chi connectivity index (χ1n) is 6.27. The lowest BCUT2D eigenvalue weighted by atomic mass is 9.68. The molecule has 1 fully saturated rings. The maximum Gasteiger partial charge on any atom is 0.232 e. The van der Waals surface area contributed by atoms with Crippen LogP contribution in [0.3, 0.4) is 0 Å². The zero-order valence-electron chi connectivity index (χ0n) is 10.3. The number of hydrogen-bond acceptors (Lipinski definition) is 3. The van der Waals surface area contributed by atoms with Gasteiger partial charge in [0.15, 0.2) is 0 Å². The van der Waals surface area contributed by atoms with Crippen LogP contribution in [0.25, 0.3) is 0 Å². The van der Waals surface area contributed by atoms with Gasteiger partial charge in [0, 0.05) is 13.6 Å². The molecule has 1 amide bonds. The number of carbonyl (C=O) groups is 1. The van der Waals surface area contributed by atoms with Crippen molar-refractivity contribution in [2.45, 2.75) is 32.6 Å². The predicted octanol–water partition coefficient (Wildman–Crippen LogP) is 1.52. The normalized spacial score (nSPS) is 21.2. The van der Waals surface area contributed by atoms with Gasteiger partial charge in [-0.15, -0.1) is 0 Å². The van der Waals surface area contributed by atoms with E-state index in [1.54, 1.807) is 0 Å². The second-order valence-electron chi connectivity index (χ2n) is 5.09. The lowest BCUT2D eigenvalue weighted by Gasteiger charge is -2.38. The lowest BCUT2D eigenvalue weighted by Crippen LogP contribution is -2.45. The molecule has 1 saturated carbocycles. The summed E-state index contributed by atoms with van der Waals surface area (Å²) in [4.78, 5) is 12.3. The van der Waals surface area contributed by atoms with Gasteiger partial charge in [0.2, 0.25) is 5.91 Å². The molecule has 0 radical (unpaired) electrons. The summed E-state index contributed by atoms with van der Waals surface area (Å²) >= 11 is 0. The summed E-state index contributed by atoms with van der Waals surface area (Å²) in [5.74, 6) is 1.11. The molecule has 1 aliphatic heterocycles. The van der Waals surface area contributed by atoms with Gasteiger partial charge in [-0.05, 0) is 19.3 Å². The highest BCUT2D eigenvalue weighted by molar-refractivity contribution is 6.00. The van der Waals surface area contributed by atoms with Crippen LogP contribution in [0.5, 0.6) is 0 Å². The highest BCUT2D eigenvalue weighted by atomic mass is 16.2. The van der Waals surface area contributed by atoms with Gasteiger partial charge >= 0.3 is 0 Å². The fourth-order valence-corrected chi connectivity index (χ4v) is 2.75. The largest absolute Gasteiger partial charge is 0.367 e. The molecule has 5 heteroatoms. The van der Waals surface area contributed by atoms with Crippen molar-refractivity contribution in [3.63, 3.8) is 0 Å². The molecule has 92 valence electrons. The molecule has 0 bridgehead atoms. The first kappa shape index (κ1) is 10.6. The van der Waals surface area contributed by atoms with E-state index in [0.717, 1.165) is 49.4 Å². The fraction of sp³-hybridized carbons (Fsp3) is 0.667. The number of rotatable bonds is 1. The monoisotopic (exact) mass is 234 g/mol. The summed E-state index contributed by atoms with van der Waals surface area (Å²) in [7, 11) is 1.91. The van der Waals surface area contributed by atoms with Crippen LogP contribution in [0, 0.1) is 5.41 Å². The van der Waals surface area contributed by atoms with Gasteiger partial charge in [0.25, 0.3) is 0 Å². The number of nitrogens with zero attached hydrogens (tertiary/aromatic N) is 2. The number of nitrogens with one attached hydrogen (secondary N) is 2. The van der Waals surface area contributed by atoms with E-state index in [2.05, 4.69) is 22.7 Å². The summed E-state index contributed by atoms with van der Waals surface area (Å²) in [5.41, 5.74) is 1.66. The highest BCUT2D eigenvalue weighted by Gasteiger charge is 2.46. The molecule has 1 aromatic rings. The number of carbonyl (C=O) groups excluding carboxylic acids is 1. The number of hydrogen-bond donors (Lipinski definition) is 2. The molecule has 3 rings (SSSR count). The van der Waals surface area contributed by atoms with Crippen molar-refractivity contribution in [3.05, 3.63) is 5.69 Å². The second kappa shape index (κ2) is 3.48. The van der Waals surface area contributed by atoms with E-state index < -0.39 is 0 Å². The molecule has 0 aromatic carbocycles. The lowest BCUT2D eigenvalue weighted by molar-refractivity contribution is -0.129. The van der Waals surface area contributed by atoms with Crippen LogP contribution in [-0.2, 0) is 18.3 Å². The molecule has 0 unspecified atom stereocenters. The molecule has 17 heavy (non-hydrogen) atoms. The van der Waals surface area contributed by atoms with Crippen LogP contribution in [0.15, 0.2) is 0 Å². The molecule has 1 spiro atoms. The average molecular weight is 234 g/mol. The quantitative estimate of drug-likeness (QED) is 0.774. The van der Waals surface area contributed by atoms with Crippen molar-refractivity contribution in [2.75, 3.05) is 17.2 Å². The standard InChI is InChI=1S/C12H18N4O/c1-3-8-9-10(16(2)15-8)13-7-12(5-4-6-12)11(17)14-9/h13H,3-7H2,1-2H3,(H,14,17). The van der Waals surface area contributed by atoms with E-state index in [1.807, 2.05) is 11.7 Å². The smallest absolute Gasteiger partial charge is 0.232 e. The Balaban J connectivity index is 2.00. The van der Waals surface area contributed by atoms with Crippen molar-refractivity contribution in [3.8, 4) is 0 Å². The minimum absolute atomic E-state index is 0.165. The molecule has 2 N–H and O–H groups in total. The number of aryl methyl sites for hydroxylation is 2. The number of anilines is 2. The minimum atomic E-state index is -0.177. The van der Waals surface area contributed by atoms with Gasteiger partial charge in [0.05, 0.1) is 11.1 Å². The molecular formula is C12H18N4O. The first-order chi connectivity index (χ1) is 8.16. The third-order valence-electron chi connectivity index (χ3n) is 4.08. The summed E-state index contributed by atoms with van der Waals surface area (Å²) < 4.78 is 1.83. The number of aromatic nitrogens is 2. The maximum atomic E-state index is 12.3. The third-order valence-corrected chi connectivity index (χ3v) is 4.08. The number of amides is 1. The predicted molar refractivity (Wildman–Crippen MR) is 66.0 cm³/mol. The Hall–Kier alpha value is -1.52. The van der Waals surface area contributed by atoms with Crippen molar-refractivity contribution < 1.29 is 4.79 Å². The van der Waals surface area contributed by atoms with Crippen molar-refractivity contribution in [1.82, 2.24) is 9.78 Å². The van der Waals surface area contributed by atoms with E-state index in [0.29, 0.717) is 0 Å². The molecule has 1 aromatic heterocycles. The van der Waals surface area contributed by atoms with Crippen molar-refractivity contribution in [1.29, 1.82) is 0 Å². The van der Waals surface area contributed by atoms with Crippen molar-refractivity contribution in [2.24, 2.45) is 12.5 Å². The van der Waals surface area contributed by atoms with Gasteiger partial charge in [-0.2, -0.15) is 5.10 Å². The van der Waals surface area contributed by atoms with Gasteiger partial charge in [-0.25, -0.2) is 0 Å². The molecule has 2 heterocycles. The molecule has 0 atom stereocenters. The zero-order valence-corrected chi connectivity index (χ0v) is 10.3. The average Bonchev–Trinajstić information content (AvgIpc) is 2.45. The van der Waals surface area contributed by atoms with Gasteiger partial charge in [0.1, 0.15) is 11.5 Å². The summed E-state index contributed by atoms with van der Waals surface area (Å²) in [6.07, 6.45) is 3.98. The first-order valence-corrected chi connectivity index (χ1v) is 6.27. The van der Waals surface area contributed by atoms with E-state index in [-0.39, 0.29) is 11.3 Å². The van der Waals surface area contributed by atoms with Crippen LogP contribution in [0.1, 0.15) is 31.9 Å². The Morgan fingerprint density at radius 1 is 1.47 bits per heavy atom. The van der Waals surface area contributed by atoms with Crippen molar-refractivity contribution >= 4 is 17.4 Å². The zero-order chi connectivity index (χ0) is 12.0. The van der Waals surface area contributed by atoms with E-state index in [1.165, 1.54) is 0 Å². The van der Waals surface area contributed by atoms with Crippen LogP contribution in [-0.4, -0.2) is 22.2 Å². The SMILES string of the molecule is CCc1nn(C)c2c1NC(=O)C1(CCC1)CN2. The molecular weight excluding hydrogens is 216 g/mol. The maximum absolute atomic E-state index is 12.3. The van der Waals surface area contributed by atoms with Gasteiger partial charge in [-0.3, -0.25) is 9.48 Å². The summed E-state index contributed by atoms with van der Waals surface area (Å²) in [6, 6.07) is 0. The summed E-state index contributed by atoms with van der Waals surface area (Å²) in [6.45, 7) is 2.79. The second-order valence-corrected chi connectivity index (χ2v) is 5.09. The number of fused-ring (bicyclic) bond motifs is 1. The summed E-state index contributed by atoms with van der Waals surface area (Å²) in [5, 5.41) is 10.9. The Morgan fingerprint density at radius 2 is 2.24 bits per heavy atom. The topological polar surface area (TPSA) is 59.0 Å². The Morgan fingerprint density at radius 3 is 2.82 bits per heavy atom. The van der Waals surface area contributed by atoms with Crippen LogP contribution in [0.4, 0.5) is 11.5 Å². The molecule has 5 nitrogen and oxygen atoms in total. The van der Waals surface area contributed by atoms with Crippen LogP contribution < -0.4 is 10.6 Å². The Kier molecular flexibility index (Phi) is 2.18. The molecule has 0 saturated heterocycles. The van der Waals surface area contributed by atoms with Gasteiger partial charge in [-0.1, -0.05) is 13.3 Å². The highest BCUT2D eigenvalue weighted by Crippen LogP contribution is 2.44. The Labute approximate surface area is 101 Å². The van der Waals surface area contributed by atoms with Gasteiger partial charge < -0.3 is 10.6 Å². The molecule has 1 aliphatic carbocycles. The molecule has 2 aliphatic rings. The van der Waals surface area contributed by atoms with Crippen LogP contribution in [0.2, 0.25) is 0 Å². The fourth-order valence-electron chi connectivity index (χ4n) is 2.75. The Bertz CT molecular complexity index is 473. The van der Waals surface area contributed by atoms with E-state index >= 15 is 0 Å². The minimum Gasteiger partial charge on any atom is -0.367 e. The van der Waals surface area contributed by atoms with E-state index in [9.17, 15) is 4.79 Å². The van der Waals surface area contributed by atoms with E-state index in [4.69, 9.17) is 0 Å².